The second kappa shape index (κ2) is 11.8. The normalized spacial score (nSPS) is 13.1. The molecule has 25 heavy (non-hydrogen) atoms. The van der Waals surface area contributed by atoms with Crippen molar-refractivity contribution in [2.24, 2.45) is 5.92 Å². The van der Waals surface area contributed by atoms with E-state index in [1.165, 1.54) is 12.8 Å². The largest absolute Gasteiger partial charge is 0.545 e. The van der Waals surface area contributed by atoms with Gasteiger partial charge >= 0.3 is 12.1 Å². The summed E-state index contributed by atoms with van der Waals surface area (Å²) < 4.78 is 5.11. The molecule has 0 bridgehead atoms. The standard InChI is InChI=1S/C12H19N3O2.C4H4O4/c16-12(14-6-5-10-3-4-10)17-7-1-2-11-8-13-9-15-11;5-3(6)1-2-4(7)8/h8-10H,1-7H2,(H,13,15)(H,14,16);1-2H,(H,5,6)(H,7,8)/b;2-1-. The summed E-state index contributed by atoms with van der Waals surface area (Å²) in [6.07, 6.45) is 9.76. The number of amides is 1. The van der Waals surface area contributed by atoms with Gasteiger partial charge in [-0.15, -0.1) is 0 Å². The molecule has 1 heterocycles. The Morgan fingerprint density at radius 1 is 1.40 bits per heavy atom. The third-order valence-electron chi connectivity index (χ3n) is 3.33. The smallest absolute Gasteiger partial charge is 0.512 e. The van der Waals surface area contributed by atoms with E-state index in [-0.39, 0.29) is 6.09 Å². The van der Waals surface area contributed by atoms with Gasteiger partial charge in [-0.1, -0.05) is 0 Å². The Hall–Kier alpha value is -2.68. The van der Waals surface area contributed by atoms with Crippen molar-refractivity contribution in [1.29, 1.82) is 0 Å². The fourth-order valence-corrected chi connectivity index (χ4v) is 1.90. The zero-order chi connectivity index (χ0) is 18.5. The highest BCUT2D eigenvalue weighted by Crippen LogP contribution is 2.31. The number of aliphatic carboxylic acids is 2. The van der Waals surface area contributed by atoms with Gasteiger partial charge in [0.2, 0.25) is 0 Å². The maximum Gasteiger partial charge on any atom is 0.512 e. The zero-order valence-electron chi connectivity index (χ0n) is 13.8. The molecule has 1 fully saturated rings. The van der Waals surface area contributed by atoms with Crippen molar-refractivity contribution in [2.75, 3.05) is 13.2 Å². The van der Waals surface area contributed by atoms with E-state index in [0.29, 0.717) is 18.8 Å². The first kappa shape index (κ1) is 20.4. The van der Waals surface area contributed by atoms with E-state index in [1.807, 2.05) is 0 Å². The van der Waals surface area contributed by atoms with E-state index >= 15 is 0 Å². The third kappa shape index (κ3) is 12.4. The van der Waals surface area contributed by atoms with Crippen LogP contribution in [0.4, 0.5) is 4.79 Å². The van der Waals surface area contributed by atoms with Gasteiger partial charge in [-0.05, 0) is 44.1 Å². The number of carboxylic acid groups (broad SMARTS) is 2. The number of carboxylic acids is 2. The predicted molar refractivity (Wildman–Crippen MR) is 84.2 cm³/mol. The minimum absolute atomic E-state index is 0.171. The lowest BCUT2D eigenvalue weighted by Crippen LogP contribution is -2.88. The monoisotopic (exact) mass is 353 g/mol. The van der Waals surface area contributed by atoms with Crippen molar-refractivity contribution >= 4 is 18.0 Å². The van der Waals surface area contributed by atoms with Crippen LogP contribution in [-0.4, -0.2) is 46.3 Å². The lowest BCUT2D eigenvalue weighted by Gasteiger charge is -2.01. The molecule has 1 amide bonds. The molecule has 4 N–H and O–H groups in total. The minimum atomic E-state index is -1.51. The van der Waals surface area contributed by atoms with Crippen LogP contribution in [-0.2, 0) is 20.7 Å². The fourth-order valence-electron chi connectivity index (χ4n) is 1.90. The predicted octanol–water partition coefficient (Wildman–Crippen LogP) is -0.780. The number of hydrogen-bond acceptors (Lipinski definition) is 6. The number of nitrogens with zero attached hydrogens (tertiary/aromatic N) is 1. The van der Waals surface area contributed by atoms with Crippen molar-refractivity contribution in [3.63, 3.8) is 0 Å². The molecule has 1 aromatic rings. The molecule has 1 aliphatic rings. The average Bonchev–Trinajstić information content (AvgIpc) is 3.23. The molecule has 2 rings (SSSR count). The van der Waals surface area contributed by atoms with Crippen molar-refractivity contribution in [3.8, 4) is 0 Å². The average molecular weight is 353 g/mol. The number of ether oxygens (including phenoxy) is 1. The number of nitrogens with two attached hydrogens (primary N) is 1. The highest BCUT2D eigenvalue weighted by atomic mass is 16.5. The van der Waals surface area contributed by atoms with E-state index in [9.17, 15) is 19.5 Å². The number of aromatic nitrogens is 2. The number of quaternary nitrogens is 1. The summed E-state index contributed by atoms with van der Waals surface area (Å²) in [5.41, 5.74) is 1.08. The van der Waals surface area contributed by atoms with Crippen LogP contribution >= 0.6 is 0 Å². The number of imidazole rings is 1. The molecule has 0 unspecified atom stereocenters. The van der Waals surface area contributed by atoms with E-state index in [1.54, 1.807) is 17.8 Å². The first-order valence-corrected chi connectivity index (χ1v) is 8.06. The van der Waals surface area contributed by atoms with E-state index < -0.39 is 11.9 Å². The summed E-state index contributed by atoms with van der Waals surface area (Å²) in [5, 5.41) is 18.9. The summed E-state index contributed by atoms with van der Waals surface area (Å²) in [7, 11) is 0. The second-order valence-corrected chi connectivity index (χ2v) is 5.56. The third-order valence-corrected chi connectivity index (χ3v) is 3.33. The van der Waals surface area contributed by atoms with Crippen LogP contribution in [0.5, 0.6) is 0 Å². The number of nitrogens with one attached hydrogen (secondary N) is 1. The van der Waals surface area contributed by atoms with Gasteiger partial charge in [0.25, 0.3) is 0 Å². The first-order chi connectivity index (χ1) is 12.0. The highest BCUT2D eigenvalue weighted by molar-refractivity contribution is 5.88. The second-order valence-electron chi connectivity index (χ2n) is 5.56. The zero-order valence-corrected chi connectivity index (χ0v) is 13.8. The molecular weight excluding hydrogens is 330 g/mol. The molecule has 1 aromatic heterocycles. The lowest BCUT2D eigenvalue weighted by molar-refractivity contribution is -0.571. The van der Waals surface area contributed by atoms with Crippen molar-refractivity contribution in [2.45, 2.75) is 32.1 Å². The Morgan fingerprint density at radius 2 is 2.16 bits per heavy atom. The first-order valence-electron chi connectivity index (χ1n) is 8.06. The van der Waals surface area contributed by atoms with Gasteiger partial charge in [0.1, 0.15) is 0 Å². The van der Waals surface area contributed by atoms with Gasteiger partial charge in [0.15, 0.2) is 0 Å². The van der Waals surface area contributed by atoms with Crippen LogP contribution in [0.3, 0.4) is 0 Å². The van der Waals surface area contributed by atoms with Crippen LogP contribution in [0.2, 0.25) is 0 Å². The number of H-pyrrole nitrogens is 1. The molecule has 0 aromatic carbocycles. The summed E-state index contributed by atoms with van der Waals surface area (Å²) in [4.78, 5) is 37.2. The molecule has 0 aliphatic heterocycles. The van der Waals surface area contributed by atoms with Gasteiger partial charge < -0.3 is 24.7 Å². The molecule has 0 spiro atoms. The summed E-state index contributed by atoms with van der Waals surface area (Å²) in [6, 6.07) is 0. The molecular formula is C16H23N3O6. The number of aryl methyl sites for hydroxylation is 1. The number of primary amides is 1. The van der Waals surface area contributed by atoms with Gasteiger partial charge in [-0.2, -0.15) is 4.79 Å². The van der Waals surface area contributed by atoms with Crippen molar-refractivity contribution in [1.82, 2.24) is 9.97 Å². The van der Waals surface area contributed by atoms with Crippen LogP contribution < -0.4 is 10.4 Å². The molecule has 9 nitrogen and oxygen atoms in total. The lowest BCUT2D eigenvalue weighted by atomic mass is 10.3. The van der Waals surface area contributed by atoms with Crippen LogP contribution in [0.25, 0.3) is 0 Å². The van der Waals surface area contributed by atoms with E-state index in [2.05, 4.69) is 9.97 Å². The maximum absolute atomic E-state index is 11.3. The van der Waals surface area contributed by atoms with Crippen molar-refractivity contribution in [3.05, 3.63) is 30.4 Å². The van der Waals surface area contributed by atoms with E-state index in [0.717, 1.165) is 37.4 Å². The molecule has 138 valence electrons. The number of carbonyl (C=O) groups is 3. The van der Waals surface area contributed by atoms with Gasteiger partial charge in [0, 0.05) is 18.0 Å². The SMILES string of the molecule is O=C([NH2+]CCC1CC1)OCCCc1cnc[nH]1.O=C([O-])/C=C\C(=O)O. The molecule has 0 radical (unpaired) electrons. The Labute approximate surface area is 145 Å². The number of aromatic amines is 1. The Morgan fingerprint density at radius 3 is 2.68 bits per heavy atom. The number of carbonyl (C=O) groups excluding carboxylic acids is 2. The van der Waals surface area contributed by atoms with Gasteiger partial charge in [0.05, 0.1) is 25.4 Å². The van der Waals surface area contributed by atoms with Crippen LogP contribution in [0, 0.1) is 5.92 Å². The van der Waals surface area contributed by atoms with Crippen LogP contribution in [0.1, 0.15) is 31.4 Å². The van der Waals surface area contributed by atoms with Crippen molar-refractivity contribution < 1.29 is 34.7 Å². The molecule has 9 heteroatoms. The van der Waals surface area contributed by atoms with E-state index in [4.69, 9.17) is 9.84 Å². The van der Waals surface area contributed by atoms with Crippen LogP contribution in [0.15, 0.2) is 24.7 Å². The molecule has 0 saturated heterocycles. The Kier molecular flexibility index (Phi) is 9.61. The minimum Gasteiger partial charge on any atom is -0.545 e. The Bertz CT molecular complexity index is 550. The summed E-state index contributed by atoms with van der Waals surface area (Å²) >= 11 is 0. The Balaban J connectivity index is 0.000000333. The maximum atomic E-state index is 11.3. The summed E-state index contributed by atoms with van der Waals surface area (Å²) in [6.45, 7) is 1.35. The molecule has 1 saturated carbocycles. The molecule has 0 atom stereocenters. The fraction of sp³-hybridized carbons (Fsp3) is 0.500. The number of hydrogen-bond donors (Lipinski definition) is 3. The number of rotatable bonds is 9. The summed E-state index contributed by atoms with van der Waals surface area (Å²) in [5.74, 6) is -1.93. The molecule has 1 aliphatic carbocycles. The highest BCUT2D eigenvalue weighted by Gasteiger charge is 2.22. The van der Waals surface area contributed by atoms with Gasteiger partial charge in [-0.3, -0.25) is 0 Å². The van der Waals surface area contributed by atoms with Gasteiger partial charge in [-0.25, -0.2) is 15.1 Å². The topological polar surface area (TPSA) is 149 Å². The quantitative estimate of drug-likeness (QED) is 0.389.